The molecular formula is C15H19NO3. The molecule has 0 saturated heterocycles. The molecule has 4 heteroatoms. The van der Waals surface area contributed by atoms with Crippen LogP contribution in [0.15, 0.2) is 18.2 Å². The second-order valence-electron chi connectivity index (χ2n) is 5.03. The van der Waals surface area contributed by atoms with Gasteiger partial charge in [-0.2, -0.15) is 0 Å². The largest absolute Gasteiger partial charge is 0.481 e. The van der Waals surface area contributed by atoms with E-state index in [1.54, 1.807) is 6.92 Å². The van der Waals surface area contributed by atoms with Gasteiger partial charge in [0, 0.05) is 25.2 Å². The van der Waals surface area contributed by atoms with E-state index >= 15 is 0 Å². The Morgan fingerprint density at radius 2 is 1.89 bits per heavy atom. The summed E-state index contributed by atoms with van der Waals surface area (Å²) < 4.78 is 0. The van der Waals surface area contributed by atoms with Gasteiger partial charge in [0.1, 0.15) is 0 Å². The third-order valence-electron chi connectivity index (χ3n) is 3.65. The molecule has 1 aliphatic heterocycles. The molecule has 0 fully saturated rings. The molecule has 0 aliphatic carbocycles. The summed E-state index contributed by atoms with van der Waals surface area (Å²) in [7, 11) is 0. The van der Waals surface area contributed by atoms with Gasteiger partial charge in [-0.05, 0) is 37.0 Å². The van der Waals surface area contributed by atoms with Crippen molar-refractivity contribution in [3.63, 3.8) is 0 Å². The summed E-state index contributed by atoms with van der Waals surface area (Å²) >= 11 is 0. The molecule has 0 unspecified atom stereocenters. The van der Waals surface area contributed by atoms with E-state index < -0.39 is 5.97 Å². The van der Waals surface area contributed by atoms with Gasteiger partial charge in [-0.15, -0.1) is 0 Å². The molecule has 0 bridgehead atoms. The van der Waals surface area contributed by atoms with Crippen LogP contribution in [-0.4, -0.2) is 41.4 Å². The number of benzene rings is 1. The number of hydrogen-bond donors (Lipinski definition) is 1. The Kier molecular flexibility index (Phi) is 4.32. The third kappa shape index (κ3) is 3.64. The number of carboxylic acid groups (broad SMARTS) is 1. The second kappa shape index (κ2) is 5.97. The number of carbonyl (C=O) groups is 2. The first-order chi connectivity index (χ1) is 9.06. The number of ketones is 1. The maximum absolute atomic E-state index is 11.4. The summed E-state index contributed by atoms with van der Waals surface area (Å²) in [5.41, 5.74) is 3.27. The fraction of sp³-hybridized carbons (Fsp3) is 0.467. The number of fused-ring (bicyclic) bond motifs is 1. The highest BCUT2D eigenvalue weighted by Crippen LogP contribution is 2.18. The molecule has 19 heavy (non-hydrogen) atoms. The maximum atomic E-state index is 11.4. The molecule has 0 saturated carbocycles. The van der Waals surface area contributed by atoms with Gasteiger partial charge in [0.15, 0.2) is 5.78 Å². The lowest BCUT2D eigenvalue weighted by atomic mass is 9.99. The monoisotopic (exact) mass is 261 g/mol. The van der Waals surface area contributed by atoms with Crippen molar-refractivity contribution < 1.29 is 14.7 Å². The molecule has 0 aromatic heterocycles. The Morgan fingerprint density at radius 1 is 1.21 bits per heavy atom. The lowest BCUT2D eigenvalue weighted by Crippen LogP contribution is -2.28. The van der Waals surface area contributed by atoms with Crippen LogP contribution in [-0.2, 0) is 17.6 Å². The van der Waals surface area contributed by atoms with E-state index in [4.69, 9.17) is 5.11 Å². The normalized spacial score (nSPS) is 15.6. The van der Waals surface area contributed by atoms with E-state index in [1.807, 2.05) is 18.2 Å². The zero-order chi connectivity index (χ0) is 13.8. The number of Topliss-reactive ketones (excluding diaryl/α,β-unsaturated/α-hetero) is 1. The molecule has 4 nitrogen and oxygen atoms in total. The van der Waals surface area contributed by atoms with Gasteiger partial charge >= 0.3 is 5.97 Å². The summed E-state index contributed by atoms with van der Waals surface area (Å²) in [5, 5.41) is 8.72. The molecule has 0 amide bonds. The molecule has 0 spiro atoms. The minimum atomic E-state index is -0.749. The van der Waals surface area contributed by atoms with Crippen LogP contribution in [0.3, 0.4) is 0 Å². The number of nitrogens with zero attached hydrogens (tertiary/aromatic N) is 1. The fourth-order valence-corrected chi connectivity index (χ4v) is 2.47. The lowest BCUT2D eigenvalue weighted by Gasteiger charge is -2.18. The lowest BCUT2D eigenvalue weighted by molar-refractivity contribution is -0.137. The summed E-state index contributed by atoms with van der Waals surface area (Å²) in [6, 6.07) is 5.90. The Bertz CT molecular complexity index is 496. The molecule has 1 aliphatic rings. The van der Waals surface area contributed by atoms with Crippen LogP contribution >= 0.6 is 0 Å². The molecule has 1 N–H and O–H groups in total. The zero-order valence-corrected chi connectivity index (χ0v) is 11.2. The van der Waals surface area contributed by atoms with E-state index in [1.165, 1.54) is 11.1 Å². The van der Waals surface area contributed by atoms with Gasteiger partial charge in [0.05, 0.1) is 6.42 Å². The molecule has 1 heterocycles. The Morgan fingerprint density at radius 3 is 2.53 bits per heavy atom. The van der Waals surface area contributed by atoms with Crippen molar-refractivity contribution in [2.45, 2.75) is 26.2 Å². The Hall–Kier alpha value is -1.68. The van der Waals surface area contributed by atoms with Crippen LogP contribution in [0.25, 0.3) is 0 Å². The van der Waals surface area contributed by atoms with Crippen LogP contribution in [0.4, 0.5) is 0 Å². The molecule has 0 atom stereocenters. The number of hydrogen-bond acceptors (Lipinski definition) is 3. The van der Waals surface area contributed by atoms with Crippen molar-refractivity contribution in [1.82, 2.24) is 4.90 Å². The first kappa shape index (κ1) is 13.7. The number of carboxylic acids is 1. The van der Waals surface area contributed by atoms with Crippen molar-refractivity contribution in [2.75, 3.05) is 19.6 Å². The standard InChI is InChI=1S/C15H19NO3/c1-11(17)13-3-2-12-4-7-16(9-6-15(18)19)8-5-14(12)10-13/h2-3,10H,4-9H2,1H3,(H,18,19). The first-order valence-corrected chi connectivity index (χ1v) is 6.63. The highest BCUT2D eigenvalue weighted by Gasteiger charge is 2.15. The molecule has 0 radical (unpaired) electrons. The van der Waals surface area contributed by atoms with E-state index in [9.17, 15) is 9.59 Å². The van der Waals surface area contributed by atoms with E-state index in [0.717, 1.165) is 31.5 Å². The van der Waals surface area contributed by atoms with E-state index in [0.29, 0.717) is 6.54 Å². The van der Waals surface area contributed by atoms with Crippen LogP contribution in [0.1, 0.15) is 34.8 Å². The van der Waals surface area contributed by atoms with Crippen molar-refractivity contribution >= 4 is 11.8 Å². The number of aliphatic carboxylic acids is 1. The fourth-order valence-electron chi connectivity index (χ4n) is 2.47. The topological polar surface area (TPSA) is 57.6 Å². The predicted octanol–water partition coefficient (Wildman–Crippen LogP) is 1.76. The summed E-state index contributed by atoms with van der Waals surface area (Å²) in [6.07, 6.45) is 2.00. The third-order valence-corrected chi connectivity index (χ3v) is 3.65. The quantitative estimate of drug-likeness (QED) is 0.839. The number of rotatable bonds is 4. The van der Waals surface area contributed by atoms with Crippen LogP contribution in [0, 0.1) is 0 Å². The number of carbonyl (C=O) groups excluding carboxylic acids is 1. The van der Waals surface area contributed by atoms with Gasteiger partial charge in [-0.3, -0.25) is 9.59 Å². The SMILES string of the molecule is CC(=O)c1ccc2c(c1)CCN(CCC(=O)O)CC2. The van der Waals surface area contributed by atoms with Gasteiger partial charge in [-0.25, -0.2) is 0 Å². The van der Waals surface area contributed by atoms with Gasteiger partial charge in [-0.1, -0.05) is 12.1 Å². The molecule has 2 rings (SSSR count). The Labute approximate surface area is 113 Å². The van der Waals surface area contributed by atoms with E-state index in [2.05, 4.69) is 4.90 Å². The predicted molar refractivity (Wildman–Crippen MR) is 72.5 cm³/mol. The Balaban J connectivity index is 2.05. The van der Waals surface area contributed by atoms with Crippen LogP contribution < -0.4 is 0 Å². The average molecular weight is 261 g/mol. The molecule has 1 aromatic carbocycles. The molecular weight excluding hydrogens is 242 g/mol. The van der Waals surface area contributed by atoms with Crippen LogP contribution in [0.5, 0.6) is 0 Å². The summed E-state index contributed by atoms with van der Waals surface area (Å²) in [6.45, 7) is 3.93. The highest BCUT2D eigenvalue weighted by molar-refractivity contribution is 5.94. The van der Waals surface area contributed by atoms with Gasteiger partial charge < -0.3 is 10.0 Å². The van der Waals surface area contributed by atoms with Crippen molar-refractivity contribution in [1.29, 1.82) is 0 Å². The van der Waals surface area contributed by atoms with Crippen LogP contribution in [0.2, 0.25) is 0 Å². The molecule has 102 valence electrons. The smallest absolute Gasteiger partial charge is 0.304 e. The van der Waals surface area contributed by atoms with Crippen molar-refractivity contribution in [3.05, 3.63) is 34.9 Å². The second-order valence-corrected chi connectivity index (χ2v) is 5.03. The summed E-state index contributed by atoms with van der Waals surface area (Å²) in [4.78, 5) is 24.2. The zero-order valence-electron chi connectivity index (χ0n) is 11.2. The van der Waals surface area contributed by atoms with Gasteiger partial charge in [0.2, 0.25) is 0 Å². The molecule has 1 aromatic rings. The maximum Gasteiger partial charge on any atom is 0.304 e. The highest BCUT2D eigenvalue weighted by atomic mass is 16.4. The van der Waals surface area contributed by atoms with Crippen molar-refractivity contribution in [3.8, 4) is 0 Å². The average Bonchev–Trinajstić information content (AvgIpc) is 2.57. The van der Waals surface area contributed by atoms with Crippen molar-refractivity contribution in [2.24, 2.45) is 0 Å². The summed E-state index contributed by atoms with van der Waals surface area (Å²) in [5.74, 6) is -0.657. The van der Waals surface area contributed by atoms with Gasteiger partial charge in [0.25, 0.3) is 0 Å². The minimum absolute atomic E-state index is 0.0924. The van der Waals surface area contributed by atoms with E-state index in [-0.39, 0.29) is 12.2 Å². The minimum Gasteiger partial charge on any atom is -0.481 e. The first-order valence-electron chi connectivity index (χ1n) is 6.63.